The zero-order valence-corrected chi connectivity index (χ0v) is 20.2. The van der Waals surface area contributed by atoms with Crippen molar-refractivity contribution in [1.82, 2.24) is 0 Å². The smallest absolute Gasteiger partial charge is 0.306 e. The van der Waals surface area contributed by atoms with Gasteiger partial charge < -0.3 is 14.9 Å². The Kier molecular flexibility index (Phi) is 5.91. The van der Waals surface area contributed by atoms with Crippen LogP contribution < -0.4 is 0 Å². The van der Waals surface area contributed by atoms with Gasteiger partial charge in [-0.2, -0.15) is 0 Å². The minimum atomic E-state index is -1.48. The number of fused-ring (bicyclic) bond motifs is 5. The van der Waals surface area contributed by atoms with E-state index in [-0.39, 0.29) is 53.1 Å². The molecule has 0 aliphatic heterocycles. The van der Waals surface area contributed by atoms with Crippen molar-refractivity contribution >= 4 is 29.1 Å². The van der Waals surface area contributed by atoms with Gasteiger partial charge in [0.1, 0.15) is 6.61 Å². The van der Waals surface area contributed by atoms with Crippen molar-refractivity contribution < 1.29 is 29.3 Å². The van der Waals surface area contributed by atoms with Crippen LogP contribution in [-0.4, -0.2) is 51.4 Å². The summed E-state index contributed by atoms with van der Waals surface area (Å²) in [6, 6.07) is 0. The van der Waals surface area contributed by atoms with Gasteiger partial charge in [0.2, 0.25) is 5.78 Å². The van der Waals surface area contributed by atoms with Gasteiger partial charge in [-0.25, -0.2) is 0 Å². The van der Waals surface area contributed by atoms with Crippen LogP contribution in [-0.2, 0) is 19.1 Å². The van der Waals surface area contributed by atoms with Crippen molar-refractivity contribution in [2.45, 2.75) is 83.3 Å². The first-order valence-electron chi connectivity index (χ1n) is 11.9. The van der Waals surface area contributed by atoms with Gasteiger partial charge in [0.05, 0.1) is 6.10 Å². The van der Waals surface area contributed by atoms with Gasteiger partial charge in [0, 0.05) is 29.6 Å². The molecule has 7 heteroatoms. The molecule has 2 N–H and O–H groups in total. The molecule has 4 rings (SSSR count). The Balaban J connectivity index is 1.83. The van der Waals surface area contributed by atoms with Gasteiger partial charge in [0.25, 0.3) is 0 Å². The van der Waals surface area contributed by atoms with E-state index in [2.05, 4.69) is 6.92 Å². The van der Waals surface area contributed by atoms with Crippen LogP contribution in [0.3, 0.4) is 0 Å². The summed E-state index contributed by atoms with van der Waals surface area (Å²) in [4.78, 5) is 37.8. The number of carbonyl (C=O) groups excluding carboxylic acids is 3. The standard InChI is InChI=1S/C25H35ClO6/c1-5-20(31)32-25(19(30)12-27)13(2)8-16-21-17(26)10-14-9-15(28)6-7-23(14,3)22(21)18(29)11-24(16,25)4/h9,13,16-18,21-22,27,29H,5-8,10-12H2,1-4H3/t13-,16+,17-,18+,21-,22+,23+,24+,25-/m1/s1. The molecule has 0 aromatic rings. The maximum absolute atomic E-state index is 13.2. The topological polar surface area (TPSA) is 101 Å². The van der Waals surface area contributed by atoms with Crippen LogP contribution >= 0.6 is 11.6 Å². The molecule has 9 atom stereocenters. The minimum absolute atomic E-state index is 0.0513. The third kappa shape index (κ3) is 3.01. The number of hydrogen-bond acceptors (Lipinski definition) is 6. The quantitative estimate of drug-likeness (QED) is 0.487. The fourth-order valence-electron chi connectivity index (χ4n) is 8.16. The molecule has 0 unspecified atom stereocenters. The van der Waals surface area contributed by atoms with Gasteiger partial charge in [-0.05, 0) is 54.9 Å². The van der Waals surface area contributed by atoms with Crippen molar-refractivity contribution in [2.75, 3.05) is 6.61 Å². The molecule has 0 bridgehead atoms. The molecular weight excluding hydrogens is 432 g/mol. The normalized spacial score (nSPS) is 47.7. The summed E-state index contributed by atoms with van der Waals surface area (Å²) in [6.07, 6.45) is 3.73. The van der Waals surface area contributed by atoms with Gasteiger partial charge >= 0.3 is 5.97 Å². The minimum Gasteiger partial charge on any atom is -0.450 e. The van der Waals surface area contributed by atoms with E-state index in [0.717, 1.165) is 5.57 Å². The van der Waals surface area contributed by atoms with Gasteiger partial charge in [-0.1, -0.05) is 33.3 Å². The molecule has 0 aromatic carbocycles. The largest absolute Gasteiger partial charge is 0.450 e. The second-order valence-corrected chi connectivity index (χ2v) is 11.5. The Morgan fingerprint density at radius 1 is 1.31 bits per heavy atom. The van der Waals surface area contributed by atoms with E-state index in [1.807, 2.05) is 13.8 Å². The predicted molar refractivity (Wildman–Crippen MR) is 119 cm³/mol. The van der Waals surface area contributed by atoms with Crippen molar-refractivity contribution in [3.63, 3.8) is 0 Å². The number of aliphatic hydroxyl groups excluding tert-OH is 2. The first-order chi connectivity index (χ1) is 15.0. The van der Waals surface area contributed by atoms with Crippen LogP contribution in [0.25, 0.3) is 0 Å². The molecule has 0 amide bonds. The summed E-state index contributed by atoms with van der Waals surface area (Å²) in [7, 11) is 0. The summed E-state index contributed by atoms with van der Waals surface area (Å²) < 4.78 is 5.94. The summed E-state index contributed by atoms with van der Waals surface area (Å²) in [6.45, 7) is 6.93. The number of ketones is 2. The number of esters is 1. The third-order valence-corrected chi connectivity index (χ3v) is 9.99. The van der Waals surface area contributed by atoms with Crippen molar-refractivity contribution in [1.29, 1.82) is 0 Å². The lowest BCUT2D eigenvalue weighted by molar-refractivity contribution is -0.206. The summed E-state index contributed by atoms with van der Waals surface area (Å²) in [5, 5.41) is 21.2. The maximum Gasteiger partial charge on any atom is 0.306 e. The first-order valence-corrected chi connectivity index (χ1v) is 12.3. The zero-order valence-electron chi connectivity index (χ0n) is 19.4. The van der Waals surface area contributed by atoms with E-state index in [0.29, 0.717) is 25.7 Å². The fraction of sp³-hybridized carbons (Fsp3) is 0.800. The zero-order chi connectivity index (χ0) is 23.6. The van der Waals surface area contributed by atoms with Crippen molar-refractivity contribution in [3.05, 3.63) is 11.6 Å². The van der Waals surface area contributed by atoms with E-state index in [1.165, 1.54) is 0 Å². The lowest BCUT2D eigenvalue weighted by Gasteiger charge is -2.61. The molecule has 32 heavy (non-hydrogen) atoms. The molecule has 4 aliphatic carbocycles. The van der Waals surface area contributed by atoms with E-state index in [9.17, 15) is 24.6 Å². The number of aliphatic hydroxyl groups is 2. The Bertz CT molecular complexity index is 868. The molecule has 0 radical (unpaired) electrons. The van der Waals surface area contributed by atoms with Gasteiger partial charge in [-0.3, -0.25) is 14.4 Å². The van der Waals surface area contributed by atoms with E-state index >= 15 is 0 Å². The molecular formula is C25H35ClO6. The summed E-state index contributed by atoms with van der Waals surface area (Å²) in [5.41, 5.74) is -1.62. The Morgan fingerprint density at radius 2 is 2.00 bits per heavy atom. The fourth-order valence-corrected chi connectivity index (χ4v) is 8.65. The number of hydrogen-bond donors (Lipinski definition) is 2. The third-order valence-electron chi connectivity index (χ3n) is 9.54. The van der Waals surface area contributed by atoms with Crippen LogP contribution in [0.1, 0.15) is 66.2 Å². The highest BCUT2D eigenvalue weighted by molar-refractivity contribution is 6.21. The monoisotopic (exact) mass is 466 g/mol. The van der Waals surface area contributed by atoms with E-state index in [4.69, 9.17) is 16.3 Å². The molecule has 3 saturated carbocycles. The molecule has 4 aliphatic rings. The van der Waals surface area contributed by atoms with Crippen molar-refractivity contribution in [3.8, 4) is 0 Å². The maximum atomic E-state index is 13.2. The number of rotatable bonds is 4. The molecule has 178 valence electrons. The number of Topliss-reactive ketones (excluding diaryl/α,β-unsaturated/α-hetero) is 1. The first kappa shape index (κ1) is 23.9. The average molecular weight is 467 g/mol. The summed E-state index contributed by atoms with van der Waals surface area (Å²) in [5.74, 6) is -1.44. The molecule has 3 fully saturated rings. The highest BCUT2D eigenvalue weighted by atomic mass is 35.5. The molecule has 0 heterocycles. The number of alkyl halides is 1. The highest BCUT2D eigenvalue weighted by Gasteiger charge is 2.73. The molecule has 6 nitrogen and oxygen atoms in total. The number of allylic oxidation sites excluding steroid dienone is 1. The van der Waals surface area contributed by atoms with Crippen molar-refractivity contribution in [2.24, 2.45) is 34.5 Å². The van der Waals surface area contributed by atoms with Crippen LogP contribution in [0.4, 0.5) is 0 Å². The molecule has 0 saturated heterocycles. The van der Waals surface area contributed by atoms with Gasteiger partial charge in [0.15, 0.2) is 11.4 Å². The Labute approximate surface area is 194 Å². The Hall–Kier alpha value is -1.24. The van der Waals surface area contributed by atoms with E-state index in [1.54, 1.807) is 13.0 Å². The van der Waals surface area contributed by atoms with E-state index < -0.39 is 35.5 Å². The SMILES string of the molecule is CCC(=O)O[C@@]1(C(=O)CO)[C@H](C)C[C@H]2[C@H]3[C@H]([C@@H](O)C[C@@]21C)[C@@]1(C)CCC(=O)C=C1C[C@H]3Cl. The van der Waals surface area contributed by atoms with Crippen LogP contribution in [0.2, 0.25) is 0 Å². The van der Waals surface area contributed by atoms with Crippen LogP contribution in [0, 0.1) is 34.5 Å². The lowest BCUT2D eigenvalue weighted by Crippen LogP contribution is -2.65. The summed E-state index contributed by atoms with van der Waals surface area (Å²) >= 11 is 7.00. The average Bonchev–Trinajstić information content (AvgIpc) is 2.95. The molecule has 0 spiro atoms. The predicted octanol–water partition coefficient (Wildman–Crippen LogP) is 3.21. The van der Waals surface area contributed by atoms with Crippen LogP contribution in [0.15, 0.2) is 11.6 Å². The lowest BCUT2D eigenvalue weighted by atomic mass is 9.45. The molecule has 0 aromatic heterocycles. The highest BCUT2D eigenvalue weighted by Crippen LogP contribution is 2.70. The number of carbonyl (C=O) groups is 3. The van der Waals surface area contributed by atoms with Crippen LogP contribution in [0.5, 0.6) is 0 Å². The second kappa shape index (κ2) is 7.92. The Morgan fingerprint density at radius 3 is 2.62 bits per heavy atom. The second-order valence-electron chi connectivity index (χ2n) is 11.0. The number of ether oxygens (including phenoxy) is 1. The van der Waals surface area contributed by atoms with Gasteiger partial charge in [-0.15, -0.1) is 11.6 Å². The number of halogens is 1.